The Kier molecular flexibility index (Phi) is 7.74. The normalized spacial score (nSPS) is 15.8. The predicted octanol–water partition coefficient (Wildman–Crippen LogP) is 6.74. The number of hydrogen-bond acceptors (Lipinski definition) is 5. The molecule has 0 saturated carbocycles. The molecule has 1 amide bonds. The van der Waals surface area contributed by atoms with E-state index in [2.05, 4.69) is 98.3 Å². The van der Waals surface area contributed by atoms with Crippen LogP contribution in [0.1, 0.15) is 57.6 Å². The van der Waals surface area contributed by atoms with Gasteiger partial charge in [0.15, 0.2) is 5.82 Å². The van der Waals surface area contributed by atoms with Gasteiger partial charge in [0, 0.05) is 36.0 Å². The van der Waals surface area contributed by atoms with Gasteiger partial charge in [-0.2, -0.15) is 0 Å². The van der Waals surface area contributed by atoms with Crippen molar-refractivity contribution in [3.63, 3.8) is 0 Å². The van der Waals surface area contributed by atoms with Gasteiger partial charge in [0.25, 0.3) is 5.91 Å². The highest BCUT2D eigenvalue weighted by molar-refractivity contribution is 6.07. The molecular formula is C33H36N4O3. The number of nitrogens with zero attached hydrogens (tertiary/aromatic N) is 3. The fourth-order valence-electron chi connectivity index (χ4n) is 5.44. The van der Waals surface area contributed by atoms with E-state index in [9.17, 15) is 9.59 Å². The summed E-state index contributed by atoms with van der Waals surface area (Å²) in [5.41, 5.74) is 7.88. The van der Waals surface area contributed by atoms with Crippen molar-refractivity contribution in [2.45, 2.75) is 59.0 Å². The topological polar surface area (TPSA) is 82.4 Å². The van der Waals surface area contributed by atoms with Crippen LogP contribution in [0.15, 0.2) is 93.4 Å². The molecule has 0 spiro atoms. The number of rotatable bonds is 8. The minimum Gasteiger partial charge on any atom is -0.357 e. The summed E-state index contributed by atoms with van der Waals surface area (Å²) in [4.78, 5) is 32.4. The molecule has 0 radical (unpaired) electrons. The third-order valence-electron chi connectivity index (χ3n) is 7.78. The van der Waals surface area contributed by atoms with E-state index in [0.717, 1.165) is 52.1 Å². The number of nitrogens with one attached hydrogen (secondary N) is 1. The molecule has 1 N–H and O–H groups in total. The van der Waals surface area contributed by atoms with Crippen molar-refractivity contribution >= 4 is 11.6 Å². The molecule has 40 heavy (non-hydrogen) atoms. The molecule has 206 valence electrons. The lowest BCUT2D eigenvalue weighted by Gasteiger charge is -2.44. The predicted molar refractivity (Wildman–Crippen MR) is 159 cm³/mol. The van der Waals surface area contributed by atoms with Gasteiger partial charge in [0.1, 0.15) is 6.17 Å². The second-order valence-electron chi connectivity index (χ2n) is 10.7. The third kappa shape index (κ3) is 5.24. The van der Waals surface area contributed by atoms with E-state index in [1.165, 1.54) is 5.56 Å². The Hall–Kier alpha value is -4.39. The average molecular weight is 537 g/mol. The van der Waals surface area contributed by atoms with Gasteiger partial charge < -0.3 is 4.90 Å². The lowest BCUT2D eigenvalue weighted by molar-refractivity contribution is -0.117. The van der Waals surface area contributed by atoms with Crippen molar-refractivity contribution in [2.24, 2.45) is 0 Å². The molecule has 1 aliphatic rings. The molecule has 1 unspecified atom stereocenters. The molecule has 4 aromatic rings. The Morgan fingerprint density at radius 2 is 1.62 bits per heavy atom. The van der Waals surface area contributed by atoms with Crippen LogP contribution in [0.5, 0.6) is 0 Å². The van der Waals surface area contributed by atoms with Crippen LogP contribution in [0.25, 0.3) is 22.5 Å². The van der Waals surface area contributed by atoms with Crippen LogP contribution >= 0.6 is 0 Å². The van der Waals surface area contributed by atoms with Gasteiger partial charge in [-0.3, -0.25) is 19.2 Å². The van der Waals surface area contributed by atoms with Crippen LogP contribution in [-0.2, 0) is 11.2 Å². The second kappa shape index (κ2) is 11.4. The highest BCUT2D eigenvalue weighted by atomic mass is 16.5. The summed E-state index contributed by atoms with van der Waals surface area (Å²) in [5, 5.41) is 3.86. The summed E-state index contributed by atoms with van der Waals surface area (Å²) < 4.78 is 4.72. The van der Waals surface area contributed by atoms with E-state index in [1.54, 1.807) is 0 Å². The Morgan fingerprint density at radius 1 is 0.950 bits per heavy atom. The third-order valence-corrected chi connectivity index (χ3v) is 7.78. The van der Waals surface area contributed by atoms with Crippen molar-refractivity contribution in [1.82, 2.24) is 15.0 Å². The van der Waals surface area contributed by atoms with Crippen LogP contribution in [-0.4, -0.2) is 34.2 Å². The first-order valence-electron chi connectivity index (χ1n) is 13.9. The first kappa shape index (κ1) is 27.2. The lowest BCUT2D eigenvalue weighted by atomic mass is 9.93. The van der Waals surface area contributed by atoms with Crippen LogP contribution in [0.2, 0.25) is 0 Å². The maximum Gasteiger partial charge on any atom is 0.439 e. The molecule has 0 bridgehead atoms. The van der Waals surface area contributed by atoms with Crippen LogP contribution in [0.3, 0.4) is 0 Å². The van der Waals surface area contributed by atoms with E-state index in [-0.39, 0.29) is 12.1 Å². The minimum atomic E-state index is -0.586. The minimum absolute atomic E-state index is 0.0655. The van der Waals surface area contributed by atoms with Gasteiger partial charge in [-0.05, 0) is 53.6 Å². The second-order valence-corrected chi connectivity index (χ2v) is 10.7. The summed E-state index contributed by atoms with van der Waals surface area (Å²) >= 11 is 0. The summed E-state index contributed by atoms with van der Waals surface area (Å²) in [7, 11) is 2.09. The zero-order chi connectivity index (χ0) is 28.4. The van der Waals surface area contributed by atoms with E-state index in [1.807, 2.05) is 29.2 Å². The number of aromatic nitrogens is 2. The van der Waals surface area contributed by atoms with Gasteiger partial charge in [-0.15, -0.1) is 0 Å². The number of amides is 1. The first-order valence-corrected chi connectivity index (χ1v) is 13.9. The molecule has 0 saturated heterocycles. The number of hydrogen-bond donors (Lipinski definition) is 1. The standard InChI is InChI=1S/C33H36N4O3/c1-6-9-30-29(32(38)37(22(4)36(30)5)26-18-16-24(17-19-26)21(2)3)20-23-12-14-25(15-13-23)27-10-7-8-11-28(27)31-34-33(39)40-35-31/h7-8,10-19,21-22H,6,9,20H2,1-5H3,(H,34,35,39). The number of carbonyl (C=O) groups excluding carboxylic acids is 1. The zero-order valence-corrected chi connectivity index (χ0v) is 23.8. The van der Waals surface area contributed by atoms with Gasteiger partial charge >= 0.3 is 5.76 Å². The maximum absolute atomic E-state index is 14.1. The number of benzene rings is 3. The van der Waals surface area contributed by atoms with Crippen molar-refractivity contribution in [3.8, 4) is 22.5 Å². The number of anilines is 1. The van der Waals surface area contributed by atoms with Crippen molar-refractivity contribution in [1.29, 1.82) is 0 Å². The van der Waals surface area contributed by atoms with Gasteiger partial charge in [-0.25, -0.2) is 4.79 Å². The number of allylic oxidation sites excluding steroid dienone is 1. The Labute approximate surface area is 235 Å². The molecule has 5 rings (SSSR count). The van der Waals surface area contributed by atoms with Gasteiger partial charge in [-0.1, -0.05) is 93.0 Å². The Balaban J connectivity index is 1.46. The fraction of sp³-hybridized carbons (Fsp3) is 0.303. The molecule has 1 aliphatic heterocycles. The smallest absolute Gasteiger partial charge is 0.357 e. The molecular weight excluding hydrogens is 500 g/mol. The zero-order valence-electron chi connectivity index (χ0n) is 23.8. The number of H-pyrrole nitrogens is 1. The molecule has 2 heterocycles. The van der Waals surface area contributed by atoms with E-state index in [0.29, 0.717) is 18.2 Å². The van der Waals surface area contributed by atoms with Crippen molar-refractivity contribution < 1.29 is 9.32 Å². The maximum atomic E-state index is 14.1. The molecule has 7 heteroatoms. The molecule has 1 atom stereocenters. The first-order chi connectivity index (χ1) is 19.3. The highest BCUT2D eigenvalue weighted by Crippen LogP contribution is 2.34. The summed E-state index contributed by atoms with van der Waals surface area (Å²) in [5.74, 6) is 0.310. The molecule has 7 nitrogen and oxygen atoms in total. The van der Waals surface area contributed by atoms with E-state index < -0.39 is 5.76 Å². The molecule has 0 aliphatic carbocycles. The highest BCUT2D eigenvalue weighted by Gasteiger charge is 2.35. The SMILES string of the molecule is CCCC1=C(Cc2ccc(-c3ccccc3-c3noc(=O)[nH]3)cc2)C(=O)N(c2ccc(C(C)C)cc2)C(C)N1C. The summed E-state index contributed by atoms with van der Waals surface area (Å²) in [6.07, 6.45) is 2.28. The monoisotopic (exact) mass is 536 g/mol. The fourth-order valence-corrected chi connectivity index (χ4v) is 5.44. The average Bonchev–Trinajstić information content (AvgIpc) is 3.40. The van der Waals surface area contributed by atoms with E-state index >= 15 is 0 Å². The molecule has 3 aromatic carbocycles. The molecule has 1 aromatic heterocycles. The van der Waals surface area contributed by atoms with Crippen LogP contribution in [0.4, 0.5) is 5.69 Å². The largest absolute Gasteiger partial charge is 0.439 e. The van der Waals surface area contributed by atoms with Crippen molar-refractivity contribution in [3.05, 3.63) is 106 Å². The van der Waals surface area contributed by atoms with Crippen LogP contribution in [0, 0.1) is 0 Å². The number of carbonyl (C=O) groups is 1. The Bertz CT molecular complexity index is 1580. The van der Waals surface area contributed by atoms with Gasteiger partial charge in [0.2, 0.25) is 0 Å². The molecule has 0 fully saturated rings. The van der Waals surface area contributed by atoms with Gasteiger partial charge in [0.05, 0.1) is 0 Å². The van der Waals surface area contributed by atoms with Crippen molar-refractivity contribution in [2.75, 3.05) is 11.9 Å². The Morgan fingerprint density at radius 3 is 2.23 bits per heavy atom. The van der Waals surface area contributed by atoms with Crippen LogP contribution < -0.4 is 10.7 Å². The summed E-state index contributed by atoms with van der Waals surface area (Å²) in [6, 6.07) is 24.4. The number of aromatic amines is 1. The quantitative estimate of drug-likeness (QED) is 0.270. The summed E-state index contributed by atoms with van der Waals surface area (Å²) in [6.45, 7) is 8.59. The lowest BCUT2D eigenvalue weighted by Crippen LogP contribution is -2.53. The van der Waals surface area contributed by atoms with E-state index in [4.69, 9.17) is 4.52 Å².